The molecule has 0 radical (unpaired) electrons. The van der Waals surface area contributed by atoms with Crippen LogP contribution in [-0.4, -0.2) is 26.7 Å². The Morgan fingerprint density at radius 2 is 2.35 bits per heavy atom. The maximum absolute atomic E-state index is 6.00. The lowest BCUT2D eigenvalue weighted by molar-refractivity contribution is 0.680. The third-order valence-electron chi connectivity index (χ3n) is 4.32. The number of anilines is 1. The second-order valence-electron chi connectivity index (χ2n) is 5.89. The molecular weight excluding hydrogens is 250 g/mol. The molecule has 0 aliphatic heterocycles. The molecular formula is C15H23N5. The van der Waals surface area contributed by atoms with Gasteiger partial charge in [-0.15, -0.1) is 0 Å². The molecule has 3 rings (SSSR count). The Hall–Kier alpha value is -1.62. The summed E-state index contributed by atoms with van der Waals surface area (Å²) in [7, 11) is 0. The molecule has 1 unspecified atom stereocenters. The molecule has 3 atom stereocenters. The van der Waals surface area contributed by atoms with Crippen LogP contribution in [-0.2, 0) is 0 Å². The Balaban J connectivity index is 1.93. The van der Waals surface area contributed by atoms with Crippen LogP contribution in [0.2, 0.25) is 0 Å². The van der Waals surface area contributed by atoms with Crippen molar-refractivity contribution in [1.82, 2.24) is 14.6 Å². The maximum atomic E-state index is 6.00. The minimum Gasteiger partial charge on any atom is -0.367 e. The summed E-state index contributed by atoms with van der Waals surface area (Å²) < 4.78 is 1.88. The van der Waals surface area contributed by atoms with Crippen molar-refractivity contribution in [2.75, 3.05) is 5.32 Å². The lowest BCUT2D eigenvalue weighted by Crippen LogP contribution is -2.22. The number of nitrogens with zero attached hydrogens (tertiary/aromatic N) is 3. The normalized spacial score (nSPS) is 24.1. The first-order valence-electron chi connectivity index (χ1n) is 7.54. The van der Waals surface area contributed by atoms with Gasteiger partial charge in [-0.25, -0.2) is 4.98 Å². The standard InChI is InChI=1S/C15H23N5/c1-3-10(2)13-9-15(18-12-5-4-11(16)8-12)20-14(19-13)6-7-17-20/h6-7,9-12,18H,3-5,8,16H2,1-2H3/t10?,11-,12+/m1/s1. The third kappa shape index (κ3) is 2.50. The average Bonchev–Trinajstić information content (AvgIpc) is 3.06. The molecule has 20 heavy (non-hydrogen) atoms. The van der Waals surface area contributed by atoms with Gasteiger partial charge in [0.15, 0.2) is 5.65 Å². The highest BCUT2D eigenvalue weighted by atomic mass is 15.3. The Labute approximate surface area is 119 Å². The quantitative estimate of drug-likeness (QED) is 0.898. The first kappa shape index (κ1) is 13.4. The van der Waals surface area contributed by atoms with Crippen LogP contribution < -0.4 is 11.1 Å². The van der Waals surface area contributed by atoms with Crippen LogP contribution in [0.15, 0.2) is 18.3 Å². The van der Waals surface area contributed by atoms with Crippen molar-refractivity contribution in [1.29, 1.82) is 0 Å². The number of nitrogens with one attached hydrogen (secondary N) is 1. The van der Waals surface area contributed by atoms with E-state index in [2.05, 4.69) is 30.3 Å². The molecule has 0 bridgehead atoms. The van der Waals surface area contributed by atoms with Gasteiger partial charge in [0.1, 0.15) is 5.82 Å². The zero-order valence-corrected chi connectivity index (χ0v) is 12.2. The minimum atomic E-state index is 0.330. The summed E-state index contributed by atoms with van der Waals surface area (Å²) in [4.78, 5) is 4.69. The van der Waals surface area contributed by atoms with E-state index in [1.54, 1.807) is 6.20 Å². The summed E-state index contributed by atoms with van der Waals surface area (Å²) in [5, 5.41) is 7.97. The van der Waals surface area contributed by atoms with Crippen molar-refractivity contribution in [3.63, 3.8) is 0 Å². The first-order chi connectivity index (χ1) is 9.67. The van der Waals surface area contributed by atoms with E-state index >= 15 is 0 Å². The number of fused-ring (bicyclic) bond motifs is 1. The zero-order valence-electron chi connectivity index (χ0n) is 12.2. The third-order valence-corrected chi connectivity index (χ3v) is 4.32. The van der Waals surface area contributed by atoms with Crippen LogP contribution in [0.1, 0.15) is 51.1 Å². The van der Waals surface area contributed by atoms with Gasteiger partial charge in [-0.3, -0.25) is 0 Å². The lowest BCUT2D eigenvalue weighted by atomic mass is 10.0. The molecule has 1 fully saturated rings. The summed E-state index contributed by atoms with van der Waals surface area (Å²) in [5.41, 5.74) is 8.04. The summed E-state index contributed by atoms with van der Waals surface area (Å²) in [6.07, 6.45) is 6.15. The predicted molar refractivity (Wildman–Crippen MR) is 80.9 cm³/mol. The molecule has 1 saturated carbocycles. The van der Waals surface area contributed by atoms with Crippen LogP contribution in [0.3, 0.4) is 0 Å². The molecule has 5 heteroatoms. The summed E-state index contributed by atoms with van der Waals surface area (Å²) >= 11 is 0. The van der Waals surface area contributed by atoms with Gasteiger partial charge in [-0.1, -0.05) is 13.8 Å². The van der Waals surface area contributed by atoms with E-state index in [1.807, 2.05) is 10.6 Å². The van der Waals surface area contributed by atoms with E-state index in [-0.39, 0.29) is 0 Å². The van der Waals surface area contributed by atoms with Crippen molar-refractivity contribution in [3.05, 3.63) is 24.0 Å². The van der Waals surface area contributed by atoms with Crippen LogP contribution in [0, 0.1) is 0 Å². The Kier molecular flexibility index (Phi) is 3.61. The minimum absolute atomic E-state index is 0.330. The number of hydrogen-bond acceptors (Lipinski definition) is 4. The van der Waals surface area contributed by atoms with E-state index in [1.165, 1.54) is 0 Å². The van der Waals surface area contributed by atoms with Gasteiger partial charge in [0.05, 0.1) is 6.20 Å². The van der Waals surface area contributed by atoms with E-state index < -0.39 is 0 Å². The molecule has 1 aliphatic rings. The van der Waals surface area contributed by atoms with Gasteiger partial charge in [0.2, 0.25) is 0 Å². The van der Waals surface area contributed by atoms with Crippen molar-refractivity contribution in [3.8, 4) is 0 Å². The zero-order chi connectivity index (χ0) is 14.1. The van der Waals surface area contributed by atoms with Crippen LogP contribution in [0.5, 0.6) is 0 Å². The second-order valence-corrected chi connectivity index (χ2v) is 5.89. The highest BCUT2D eigenvalue weighted by Crippen LogP contribution is 2.25. The van der Waals surface area contributed by atoms with Crippen LogP contribution >= 0.6 is 0 Å². The molecule has 0 spiro atoms. The van der Waals surface area contributed by atoms with Crippen molar-refractivity contribution < 1.29 is 0 Å². The highest BCUT2D eigenvalue weighted by Gasteiger charge is 2.22. The SMILES string of the molecule is CCC(C)c1cc(N[C@H]2CC[C@@H](N)C2)n2nccc2n1. The van der Waals surface area contributed by atoms with Crippen LogP contribution in [0.25, 0.3) is 5.65 Å². The summed E-state index contributed by atoms with van der Waals surface area (Å²) in [6, 6.07) is 4.87. The fourth-order valence-corrected chi connectivity index (χ4v) is 2.85. The lowest BCUT2D eigenvalue weighted by Gasteiger charge is -2.17. The Morgan fingerprint density at radius 3 is 3.05 bits per heavy atom. The van der Waals surface area contributed by atoms with Gasteiger partial charge in [0, 0.05) is 29.9 Å². The molecule has 2 aromatic rings. The van der Waals surface area contributed by atoms with Crippen molar-refractivity contribution in [2.24, 2.45) is 5.73 Å². The predicted octanol–water partition coefficient (Wildman–Crippen LogP) is 2.53. The smallest absolute Gasteiger partial charge is 0.157 e. The molecule has 3 N–H and O–H groups in total. The Morgan fingerprint density at radius 1 is 1.50 bits per heavy atom. The number of hydrogen-bond donors (Lipinski definition) is 2. The fraction of sp³-hybridized carbons (Fsp3) is 0.600. The van der Waals surface area contributed by atoms with Crippen LogP contribution in [0.4, 0.5) is 5.82 Å². The molecule has 0 aromatic carbocycles. The fourth-order valence-electron chi connectivity index (χ4n) is 2.85. The van der Waals surface area contributed by atoms with Gasteiger partial charge in [0.25, 0.3) is 0 Å². The van der Waals surface area contributed by atoms with E-state index in [4.69, 9.17) is 10.7 Å². The average molecular weight is 273 g/mol. The van der Waals surface area contributed by atoms with Gasteiger partial charge >= 0.3 is 0 Å². The topological polar surface area (TPSA) is 68.2 Å². The van der Waals surface area contributed by atoms with Crippen molar-refractivity contribution >= 4 is 11.5 Å². The van der Waals surface area contributed by atoms with Gasteiger partial charge < -0.3 is 11.1 Å². The number of aromatic nitrogens is 3. The van der Waals surface area contributed by atoms with E-state index in [0.29, 0.717) is 18.0 Å². The molecule has 5 nitrogen and oxygen atoms in total. The molecule has 2 heterocycles. The maximum Gasteiger partial charge on any atom is 0.157 e. The van der Waals surface area contributed by atoms with E-state index in [9.17, 15) is 0 Å². The Bertz CT molecular complexity index is 591. The van der Waals surface area contributed by atoms with E-state index in [0.717, 1.165) is 42.8 Å². The largest absolute Gasteiger partial charge is 0.367 e. The number of rotatable bonds is 4. The van der Waals surface area contributed by atoms with Gasteiger partial charge in [-0.2, -0.15) is 9.61 Å². The second kappa shape index (κ2) is 5.40. The summed E-state index contributed by atoms with van der Waals surface area (Å²) in [6.45, 7) is 4.40. The first-order valence-corrected chi connectivity index (χ1v) is 7.54. The summed E-state index contributed by atoms with van der Waals surface area (Å²) in [5.74, 6) is 1.50. The molecule has 0 saturated heterocycles. The number of nitrogens with two attached hydrogens (primary N) is 1. The monoisotopic (exact) mass is 273 g/mol. The molecule has 2 aromatic heterocycles. The highest BCUT2D eigenvalue weighted by molar-refractivity contribution is 5.50. The molecule has 108 valence electrons. The van der Waals surface area contributed by atoms with Gasteiger partial charge in [-0.05, 0) is 31.6 Å². The van der Waals surface area contributed by atoms with Crippen molar-refractivity contribution in [2.45, 2.75) is 57.5 Å². The molecule has 1 aliphatic carbocycles. The molecule has 0 amide bonds.